The standard InChI is InChI=1S/C28H25ClFN7O2/c1-15(2)24-26(28(38)33-20-5-4-6-22(39-3)25(20)30)35-37-21(18-11-31-32-12-18)10-23(34-27(24)37)36-13-16-7-8-19(29)9-17(16)14-36/h4-12,15H,13-14H2,1-3H3,(H,31,32)(H,33,38). The van der Waals surface area contributed by atoms with Crippen molar-refractivity contribution in [1.82, 2.24) is 24.8 Å². The Kier molecular flexibility index (Phi) is 6.19. The highest BCUT2D eigenvalue weighted by Crippen LogP contribution is 2.35. The van der Waals surface area contributed by atoms with E-state index in [1.165, 1.54) is 24.8 Å². The van der Waals surface area contributed by atoms with Crippen molar-refractivity contribution < 1.29 is 13.9 Å². The van der Waals surface area contributed by atoms with E-state index in [1.807, 2.05) is 38.1 Å². The van der Waals surface area contributed by atoms with E-state index < -0.39 is 11.7 Å². The second-order valence-electron chi connectivity index (χ2n) is 9.68. The quantitative estimate of drug-likeness (QED) is 0.279. The first-order valence-electron chi connectivity index (χ1n) is 12.4. The second-order valence-corrected chi connectivity index (χ2v) is 10.1. The summed E-state index contributed by atoms with van der Waals surface area (Å²) in [5.74, 6) is -0.532. The van der Waals surface area contributed by atoms with E-state index in [2.05, 4.69) is 25.5 Å². The highest BCUT2D eigenvalue weighted by Gasteiger charge is 2.28. The van der Waals surface area contributed by atoms with Crippen LogP contribution in [0.15, 0.2) is 54.9 Å². The van der Waals surface area contributed by atoms with E-state index in [0.717, 1.165) is 16.9 Å². The molecule has 1 aliphatic rings. The Morgan fingerprint density at radius 1 is 1.18 bits per heavy atom. The topological polar surface area (TPSA) is 100 Å². The molecule has 0 saturated heterocycles. The Bertz CT molecular complexity index is 1720. The number of nitrogens with zero attached hydrogens (tertiary/aromatic N) is 5. The van der Waals surface area contributed by atoms with Crippen LogP contribution in [0.1, 0.15) is 46.9 Å². The molecule has 0 aliphatic carbocycles. The summed E-state index contributed by atoms with van der Waals surface area (Å²) < 4.78 is 21.5. The first-order valence-corrected chi connectivity index (χ1v) is 12.8. The number of nitrogens with one attached hydrogen (secondary N) is 2. The Hall–Kier alpha value is -4.44. The SMILES string of the molecule is COc1cccc(NC(=O)c2nn3c(-c4cn[nH]c4)cc(N4Cc5ccc(Cl)cc5C4)nc3c2C(C)C)c1F. The summed E-state index contributed by atoms with van der Waals surface area (Å²) in [6.45, 7) is 5.27. The predicted molar refractivity (Wildman–Crippen MR) is 147 cm³/mol. The molecule has 5 aromatic rings. The summed E-state index contributed by atoms with van der Waals surface area (Å²) >= 11 is 6.24. The van der Waals surface area contributed by atoms with Gasteiger partial charge >= 0.3 is 0 Å². The monoisotopic (exact) mass is 545 g/mol. The average Bonchev–Trinajstić information content (AvgIpc) is 3.67. The molecule has 0 unspecified atom stereocenters. The van der Waals surface area contributed by atoms with Crippen LogP contribution in [0, 0.1) is 5.82 Å². The average molecular weight is 546 g/mol. The van der Waals surface area contributed by atoms with Crippen molar-refractivity contribution in [2.45, 2.75) is 32.9 Å². The molecule has 3 aromatic heterocycles. The van der Waals surface area contributed by atoms with Crippen molar-refractivity contribution in [3.8, 4) is 17.0 Å². The van der Waals surface area contributed by atoms with Gasteiger partial charge in [0, 0.05) is 41.5 Å². The van der Waals surface area contributed by atoms with Gasteiger partial charge < -0.3 is 15.0 Å². The first-order chi connectivity index (χ1) is 18.8. The third-order valence-electron chi connectivity index (χ3n) is 6.84. The molecule has 11 heteroatoms. The van der Waals surface area contributed by atoms with E-state index in [1.54, 1.807) is 23.0 Å². The Morgan fingerprint density at radius 3 is 2.74 bits per heavy atom. The van der Waals surface area contributed by atoms with E-state index >= 15 is 0 Å². The van der Waals surface area contributed by atoms with Crippen molar-refractivity contribution in [2.24, 2.45) is 0 Å². The maximum absolute atomic E-state index is 14.8. The van der Waals surface area contributed by atoms with Gasteiger partial charge in [-0.2, -0.15) is 10.2 Å². The van der Waals surface area contributed by atoms with E-state index in [0.29, 0.717) is 35.0 Å². The molecule has 0 saturated carbocycles. The predicted octanol–water partition coefficient (Wildman–Crippen LogP) is 5.82. The summed E-state index contributed by atoms with van der Waals surface area (Å²) in [5, 5.41) is 15.0. The number of carbonyl (C=O) groups excluding carboxylic acids is 1. The van der Waals surface area contributed by atoms with Gasteiger partial charge in [0.1, 0.15) is 5.82 Å². The number of ether oxygens (including phenoxy) is 1. The fourth-order valence-corrected chi connectivity index (χ4v) is 5.15. The zero-order valence-electron chi connectivity index (χ0n) is 21.5. The lowest BCUT2D eigenvalue weighted by atomic mass is 10.0. The molecular weight excluding hydrogens is 521 g/mol. The number of carbonyl (C=O) groups is 1. The molecule has 0 spiro atoms. The summed E-state index contributed by atoms with van der Waals surface area (Å²) in [7, 11) is 1.37. The molecule has 6 rings (SSSR count). The highest BCUT2D eigenvalue weighted by molar-refractivity contribution is 6.30. The molecule has 39 heavy (non-hydrogen) atoms. The van der Waals surface area contributed by atoms with Crippen LogP contribution < -0.4 is 15.0 Å². The molecule has 2 aromatic carbocycles. The minimum atomic E-state index is -0.656. The summed E-state index contributed by atoms with van der Waals surface area (Å²) in [4.78, 5) is 20.7. The normalized spacial score (nSPS) is 12.8. The van der Waals surface area contributed by atoms with Crippen LogP contribution >= 0.6 is 11.6 Å². The fourth-order valence-electron chi connectivity index (χ4n) is 4.95. The van der Waals surface area contributed by atoms with Gasteiger partial charge in [0.2, 0.25) is 0 Å². The molecule has 4 heterocycles. The molecular formula is C28H25ClFN7O2. The minimum absolute atomic E-state index is 0.00307. The van der Waals surface area contributed by atoms with Crippen molar-refractivity contribution in [2.75, 3.05) is 17.3 Å². The van der Waals surface area contributed by atoms with Gasteiger partial charge in [-0.25, -0.2) is 13.9 Å². The van der Waals surface area contributed by atoms with Gasteiger partial charge in [-0.1, -0.05) is 37.6 Å². The molecule has 198 valence electrons. The molecule has 0 atom stereocenters. The van der Waals surface area contributed by atoms with Crippen LogP contribution in [-0.2, 0) is 13.1 Å². The van der Waals surface area contributed by atoms with Gasteiger partial charge in [0.05, 0.1) is 24.7 Å². The Morgan fingerprint density at radius 2 is 2.00 bits per heavy atom. The smallest absolute Gasteiger partial charge is 0.276 e. The largest absolute Gasteiger partial charge is 0.494 e. The third-order valence-corrected chi connectivity index (χ3v) is 7.08. The number of H-pyrrole nitrogens is 1. The molecule has 0 fully saturated rings. The van der Waals surface area contributed by atoms with E-state index in [9.17, 15) is 9.18 Å². The number of aromatic nitrogens is 5. The zero-order chi connectivity index (χ0) is 27.3. The third kappa shape index (κ3) is 4.36. The molecule has 0 bridgehead atoms. The molecule has 2 N–H and O–H groups in total. The molecule has 1 aliphatic heterocycles. The van der Waals surface area contributed by atoms with Crippen molar-refractivity contribution in [1.29, 1.82) is 0 Å². The number of rotatable bonds is 6. The first kappa shape index (κ1) is 24.9. The number of amides is 1. The van der Waals surface area contributed by atoms with Gasteiger partial charge in [0.15, 0.2) is 22.9 Å². The number of hydrogen-bond donors (Lipinski definition) is 2. The number of aromatic amines is 1. The maximum atomic E-state index is 14.8. The number of fused-ring (bicyclic) bond motifs is 2. The summed E-state index contributed by atoms with van der Waals surface area (Å²) in [6.07, 6.45) is 3.46. The maximum Gasteiger partial charge on any atom is 0.276 e. The van der Waals surface area contributed by atoms with E-state index in [-0.39, 0.29) is 23.0 Å². The van der Waals surface area contributed by atoms with Crippen LogP contribution in [-0.4, -0.2) is 37.8 Å². The zero-order valence-corrected chi connectivity index (χ0v) is 22.3. The van der Waals surface area contributed by atoms with Crippen LogP contribution in [0.25, 0.3) is 16.9 Å². The number of anilines is 2. The lowest BCUT2D eigenvalue weighted by Crippen LogP contribution is -2.17. The van der Waals surface area contributed by atoms with Crippen molar-refractivity contribution >= 4 is 34.7 Å². The van der Waals surface area contributed by atoms with Gasteiger partial charge in [-0.3, -0.25) is 9.89 Å². The van der Waals surface area contributed by atoms with Crippen LogP contribution in [0.5, 0.6) is 5.75 Å². The Balaban J connectivity index is 1.48. The molecule has 0 radical (unpaired) electrons. The fraction of sp³-hybridized carbons (Fsp3) is 0.214. The van der Waals surface area contributed by atoms with Crippen molar-refractivity contribution in [3.63, 3.8) is 0 Å². The summed E-state index contributed by atoms with van der Waals surface area (Å²) in [6, 6.07) is 12.4. The molecule has 1 amide bonds. The summed E-state index contributed by atoms with van der Waals surface area (Å²) in [5.41, 5.74) is 5.20. The van der Waals surface area contributed by atoms with Gasteiger partial charge in [0.25, 0.3) is 5.91 Å². The number of methoxy groups -OCH3 is 1. The van der Waals surface area contributed by atoms with E-state index in [4.69, 9.17) is 21.3 Å². The van der Waals surface area contributed by atoms with Crippen LogP contribution in [0.3, 0.4) is 0 Å². The number of halogens is 2. The van der Waals surface area contributed by atoms with Gasteiger partial charge in [-0.05, 0) is 41.3 Å². The lowest BCUT2D eigenvalue weighted by Gasteiger charge is -2.18. The lowest BCUT2D eigenvalue weighted by molar-refractivity contribution is 0.102. The highest BCUT2D eigenvalue weighted by atomic mass is 35.5. The number of benzene rings is 2. The Labute approximate surface area is 228 Å². The minimum Gasteiger partial charge on any atom is -0.494 e. The van der Waals surface area contributed by atoms with Gasteiger partial charge in [-0.15, -0.1) is 0 Å². The molecule has 9 nitrogen and oxygen atoms in total. The number of hydrogen-bond acceptors (Lipinski definition) is 6. The van der Waals surface area contributed by atoms with Crippen LogP contribution in [0.4, 0.5) is 15.9 Å². The van der Waals surface area contributed by atoms with Crippen molar-refractivity contribution in [3.05, 3.63) is 88.1 Å². The van der Waals surface area contributed by atoms with Crippen LogP contribution in [0.2, 0.25) is 5.02 Å². The second kappa shape index (κ2) is 9.70.